The molecule has 1 amide bonds. The molecule has 2 atom stereocenters. The quantitative estimate of drug-likeness (QED) is 0.670. The Kier molecular flexibility index (Phi) is 4.66. The van der Waals surface area contributed by atoms with Crippen LogP contribution in [-0.4, -0.2) is 56.1 Å². The molecule has 2 aliphatic heterocycles. The van der Waals surface area contributed by atoms with Gasteiger partial charge < -0.3 is 9.80 Å². The number of piperazine rings is 1. The Balaban J connectivity index is 1.19. The van der Waals surface area contributed by atoms with Gasteiger partial charge in [0.15, 0.2) is 5.65 Å². The lowest BCUT2D eigenvalue weighted by Gasteiger charge is -2.38. The Hall–Kier alpha value is -2.96. The summed E-state index contributed by atoms with van der Waals surface area (Å²) in [5.41, 5.74) is 3.29. The second-order valence-electron chi connectivity index (χ2n) is 8.21. The molecule has 0 spiro atoms. The smallest absolute Gasteiger partial charge is 0.226 e. The van der Waals surface area contributed by atoms with Crippen molar-refractivity contribution in [2.24, 2.45) is 5.92 Å². The van der Waals surface area contributed by atoms with Crippen molar-refractivity contribution >= 4 is 17.4 Å². The van der Waals surface area contributed by atoms with E-state index >= 15 is 0 Å². The fourth-order valence-corrected chi connectivity index (χ4v) is 4.75. The molecule has 2 fully saturated rings. The van der Waals surface area contributed by atoms with Crippen LogP contribution in [0.2, 0.25) is 0 Å². The molecule has 150 valence electrons. The minimum atomic E-state index is 0.142. The lowest BCUT2D eigenvalue weighted by atomic mass is 9.96. The van der Waals surface area contributed by atoms with E-state index in [2.05, 4.69) is 50.0 Å². The predicted octanol–water partition coefficient (Wildman–Crippen LogP) is 2.49. The summed E-state index contributed by atoms with van der Waals surface area (Å²) in [6, 6.07) is 8.61. The van der Waals surface area contributed by atoms with Gasteiger partial charge in [-0.15, -0.1) is 0 Å². The van der Waals surface area contributed by atoms with E-state index in [1.54, 1.807) is 6.33 Å². The van der Waals surface area contributed by atoms with Crippen LogP contribution in [0.15, 0.2) is 43.0 Å². The van der Waals surface area contributed by atoms with Gasteiger partial charge in [-0.25, -0.2) is 14.5 Å². The van der Waals surface area contributed by atoms with Crippen molar-refractivity contribution < 1.29 is 4.79 Å². The molecule has 3 aromatic heterocycles. The molecule has 29 heavy (non-hydrogen) atoms. The number of carbonyl (C=O) groups is 1. The van der Waals surface area contributed by atoms with E-state index in [4.69, 9.17) is 0 Å². The van der Waals surface area contributed by atoms with E-state index in [9.17, 15) is 4.79 Å². The third kappa shape index (κ3) is 3.45. The van der Waals surface area contributed by atoms with Gasteiger partial charge >= 0.3 is 0 Å². The molecule has 0 saturated carbocycles. The monoisotopic (exact) mass is 390 g/mol. The van der Waals surface area contributed by atoms with E-state index in [1.807, 2.05) is 23.0 Å². The first-order valence-electron chi connectivity index (χ1n) is 10.4. The van der Waals surface area contributed by atoms with Gasteiger partial charge in [-0.3, -0.25) is 4.79 Å². The van der Waals surface area contributed by atoms with Crippen molar-refractivity contribution in [1.29, 1.82) is 0 Å². The van der Waals surface area contributed by atoms with Gasteiger partial charge in [0.05, 0.1) is 6.04 Å². The summed E-state index contributed by atoms with van der Waals surface area (Å²) in [5.74, 6) is 1.50. The van der Waals surface area contributed by atoms with Gasteiger partial charge in [0.2, 0.25) is 5.91 Å². The number of hydrogen-bond acceptors (Lipinski definition) is 5. The average Bonchev–Trinajstić information content (AvgIpc) is 3.34. The molecule has 0 radical (unpaired) electrons. The largest absolute Gasteiger partial charge is 0.353 e. The van der Waals surface area contributed by atoms with Crippen LogP contribution in [0.1, 0.15) is 30.4 Å². The summed E-state index contributed by atoms with van der Waals surface area (Å²) in [7, 11) is 0. The van der Waals surface area contributed by atoms with Crippen LogP contribution >= 0.6 is 0 Å². The van der Waals surface area contributed by atoms with E-state index < -0.39 is 0 Å². The number of carbonyl (C=O) groups excluding carboxylic acids is 1. The molecule has 0 N–H and O–H groups in total. The van der Waals surface area contributed by atoms with Crippen molar-refractivity contribution in [1.82, 2.24) is 24.5 Å². The fourth-order valence-electron chi connectivity index (χ4n) is 4.75. The lowest BCUT2D eigenvalue weighted by Crippen LogP contribution is -2.51. The Labute approximate surface area is 170 Å². The van der Waals surface area contributed by atoms with Crippen molar-refractivity contribution in [2.75, 3.05) is 24.5 Å². The zero-order chi connectivity index (χ0) is 19.8. The molecule has 7 heteroatoms. The SMILES string of the molecule is Cc1ccc(N2CCN3C(=O)C(CCCc4cccn5ncnc45)CC3C2)nc1. The number of aromatic nitrogens is 4. The zero-order valence-electron chi connectivity index (χ0n) is 16.7. The van der Waals surface area contributed by atoms with Crippen LogP contribution in [0.25, 0.3) is 5.65 Å². The molecule has 5 rings (SSSR count). The van der Waals surface area contributed by atoms with Crippen molar-refractivity contribution in [3.63, 3.8) is 0 Å². The van der Waals surface area contributed by atoms with Crippen LogP contribution in [-0.2, 0) is 11.2 Å². The van der Waals surface area contributed by atoms with Gasteiger partial charge in [-0.05, 0) is 55.9 Å². The second kappa shape index (κ2) is 7.46. The maximum absolute atomic E-state index is 12.9. The Morgan fingerprint density at radius 2 is 2.10 bits per heavy atom. The molecule has 2 aliphatic rings. The van der Waals surface area contributed by atoms with Gasteiger partial charge in [-0.1, -0.05) is 12.1 Å². The normalized spacial score (nSPS) is 21.8. The van der Waals surface area contributed by atoms with Gasteiger partial charge in [-0.2, -0.15) is 5.10 Å². The van der Waals surface area contributed by atoms with E-state index in [0.29, 0.717) is 11.9 Å². The summed E-state index contributed by atoms with van der Waals surface area (Å²) in [5, 5.41) is 4.20. The molecule has 7 nitrogen and oxygen atoms in total. The Morgan fingerprint density at radius 3 is 2.97 bits per heavy atom. The number of fused-ring (bicyclic) bond motifs is 2. The van der Waals surface area contributed by atoms with Crippen LogP contribution in [0.4, 0.5) is 5.82 Å². The first-order chi connectivity index (χ1) is 14.2. The van der Waals surface area contributed by atoms with Gasteiger partial charge in [0.1, 0.15) is 12.1 Å². The summed E-state index contributed by atoms with van der Waals surface area (Å²) in [6.45, 7) is 4.60. The van der Waals surface area contributed by atoms with Crippen LogP contribution in [0.5, 0.6) is 0 Å². The summed E-state index contributed by atoms with van der Waals surface area (Å²) < 4.78 is 1.81. The van der Waals surface area contributed by atoms with E-state index in [-0.39, 0.29) is 5.92 Å². The van der Waals surface area contributed by atoms with E-state index in [0.717, 1.165) is 56.8 Å². The molecule has 0 aromatic carbocycles. The van der Waals surface area contributed by atoms with Gasteiger partial charge in [0, 0.05) is 37.9 Å². The number of aryl methyl sites for hydroxylation is 2. The molecule has 0 aliphatic carbocycles. The molecular weight excluding hydrogens is 364 g/mol. The summed E-state index contributed by atoms with van der Waals surface area (Å²) >= 11 is 0. The maximum atomic E-state index is 12.9. The molecule has 2 saturated heterocycles. The van der Waals surface area contributed by atoms with Crippen molar-refractivity contribution in [3.05, 3.63) is 54.1 Å². The molecule has 3 aromatic rings. The molecule has 5 heterocycles. The third-order valence-corrected chi connectivity index (χ3v) is 6.28. The highest BCUT2D eigenvalue weighted by Gasteiger charge is 2.42. The van der Waals surface area contributed by atoms with Crippen molar-refractivity contribution in [2.45, 2.75) is 38.6 Å². The number of pyridine rings is 2. The van der Waals surface area contributed by atoms with Crippen LogP contribution in [0.3, 0.4) is 0 Å². The Bertz CT molecular complexity index is 1010. The second-order valence-corrected chi connectivity index (χ2v) is 8.21. The highest BCUT2D eigenvalue weighted by molar-refractivity contribution is 5.82. The van der Waals surface area contributed by atoms with Crippen molar-refractivity contribution in [3.8, 4) is 0 Å². The zero-order valence-corrected chi connectivity index (χ0v) is 16.7. The standard InChI is InChI=1S/C22H26N6O/c1-16-7-8-20(23-13-16)26-10-11-27-19(14-26)12-18(22(27)29)5-2-4-17-6-3-9-28-21(17)24-15-25-28/h3,6-9,13,15,18-19H,2,4-5,10-12,14H2,1H3. The number of rotatable bonds is 5. The number of anilines is 1. The van der Waals surface area contributed by atoms with Crippen LogP contribution < -0.4 is 4.90 Å². The minimum Gasteiger partial charge on any atom is -0.353 e. The summed E-state index contributed by atoms with van der Waals surface area (Å²) in [4.78, 5) is 26.3. The summed E-state index contributed by atoms with van der Waals surface area (Å²) in [6.07, 6.45) is 9.23. The first kappa shape index (κ1) is 18.1. The lowest BCUT2D eigenvalue weighted by molar-refractivity contribution is -0.132. The van der Waals surface area contributed by atoms with Gasteiger partial charge in [0.25, 0.3) is 0 Å². The highest BCUT2D eigenvalue weighted by Crippen LogP contribution is 2.32. The number of amides is 1. The number of nitrogens with zero attached hydrogens (tertiary/aromatic N) is 6. The average molecular weight is 390 g/mol. The highest BCUT2D eigenvalue weighted by atomic mass is 16.2. The molecule has 0 bridgehead atoms. The minimum absolute atomic E-state index is 0.142. The number of hydrogen-bond donors (Lipinski definition) is 0. The molecular formula is C22H26N6O. The van der Waals surface area contributed by atoms with Crippen LogP contribution in [0, 0.1) is 12.8 Å². The first-order valence-corrected chi connectivity index (χ1v) is 10.4. The topological polar surface area (TPSA) is 66.6 Å². The Morgan fingerprint density at radius 1 is 1.17 bits per heavy atom. The third-order valence-electron chi connectivity index (χ3n) is 6.28. The predicted molar refractivity (Wildman–Crippen MR) is 111 cm³/mol. The van der Waals surface area contributed by atoms with E-state index in [1.165, 1.54) is 11.1 Å². The molecule has 2 unspecified atom stereocenters. The fraction of sp³-hybridized carbons (Fsp3) is 0.455. The maximum Gasteiger partial charge on any atom is 0.226 e.